The third-order valence-corrected chi connectivity index (χ3v) is 8.43. The van der Waals surface area contributed by atoms with Gasteiger partial charge in [-0.2, -0.15) is 4.98 Å². The van der Waals surface area contributed by atoms with Crippen LogP contribution < -0.4 is 10.1 Å². The van der Waals surface area contributed by atoms with Crippen molar-refractivity contribution in [3.8, 4) is 5.75 Å². The number of hydrogen-bond donors (Lipinski definition) is 1. The van der Waals surface area contributed by atoms with Crippen LogP contribution >= 0.6 is 27.7 Å². The van der Waals surface area contributed by atoms with Gasteiger partial charge in [-0.25, -0.2) is 9.48 Å². The Morgan fingerprint density at radius 1 is 0.860 bits per heavy atom. The molecule has 1 N–H and O–H groups in total. The summed E-state index contributed by atoms with van der Waals surface area (Å²) in [5, 5.41) is 8.75. The van der Waals surface area contributed by atoms with Gasteiger partial charge < -0.3 is 14.8 Å². The maximum Gasteiger partial charge on any atom is 0.338 e. The highest BCUT2D eigenvalue weighted by molar-refractivity contribution is 9.10. The summed E-state index contributed by atoms with van der Waals surface area (Å²) in [7, 11) is 0. The standard InChI is InChI=1S/C34H29BrN4O3S/c1-23-30(32(40)42-21-24-8-4-2-5-9-24)31(27-14-18-29(19-15-27)41-20-25-12-16-28(35)17-13-25)39-33(36-23)37-34(38-39)43-22-26-10-6-3-7-11-26/h2-19,31H,20-22H2,1H3,(H,36,37,38). The summed E-state index contributed by atoms with van der Waals surface area (Å²) in [5.74, 6) is 1.63. The molecule has 0 aliphatic carbocycles. The number of nitrogens with one attached hydrogen (secondary N) is 1. The second-order valence-corrected chi connectivity index (χ2v) is 11.9. The van der Waals surface area contributed by atoms with E-state index >= 15 is 0 Å². The highest BCUT2D eigenvalue weighted by atomic mass is 79.9. The Labute approximate surface area is 263 Å². The van der Waals surface area contributed by atoms with Crippen LogP contribution in [0.25, 0.3) is 0 Å². The molecule has 1 aliphatic heterocycles. The molecule has 4 aromatic carbocycles. The Kier molecular flexibility index (Phi) is 8.91. The summed E-state index contributed by atoms with van der Waals surface area (Å²) in [4.78, 5) is 18.4. The minimum Gasteiger partial charge on any atom is -0.489 e. The molecule has 1 unspecified atom stereocenters. The first-order chi connectivity index (χ1) is 21.0. The number of anilines is 1. The van der Waals surface area contributed by atoms with Crippen molar-refractivity contribution in [2.75, 3.05) is 5.32 Å². The van der Waals surface area contributed by atoms with Gasteiger partial charge in [-0.3, -0.25) is 0 Å². The molecule has 43 heavy (non-hydrogen) atoms. The van der Waals surface area contributed by atoms with Gasteiger partial charge in [0.05, 0.1) is 5.57 Å². The number of carbonyl (C=O) groups is 1. The van der Waals surface area contributed by atoms with Gasteiger partial charge >= 0.3 is 5.97 Å². The lowest BCUT2D eigenvalue weighted by Crippen LogP contribution is -2.29. The highest BCUT2D eigenvalue weighted by Gasteiger charge is 2.35. The van der Waals surface area contributed by atoms with Crippen LogP contribution in [0.3, 0.4) is 0 Å². The Morgan fingerprint density at radius 2 is 1.51 bits per heavy atom. The molecule has 0 fully saturated rings. The number of thioether (sulfide) groups is 1. The monoisotopic (exact) mass is 652 g/mol. The zero-order valence-corrected chi connectivity index (χ0v) is 25.8. The number of ether oxygens (including phenoxy) is 2. The number of rotatable bonds is 10. The van der Waals surface area contributed by atoms with Crippen LogP contribution in [0.2, 0.25) is 0 Å². The molecule has 5 aromatic rings. The molecule has 0 radical (unpaired) electrons. The van der Waals surface area contributed by atoms with Crippen molar-refractivity contribution in [2.45, 2.75) is 37.1 Å². The molecule has 6 rings (SSSR count). The highest BCUT2D eigenvalue weighted by Crippen LogP contribution is 2.37. The number of nitrogens with zero attached hydrogens (tertiary/aromatic N) is 3. The number of aromatic nitrogens is 3. The summed E-state index contributed by atoms with van der Waals surface area (Å²) in [6.07, 6.45) is 0. The van der Waals surface area contributed by atoms with Crippen LogP contribution in [0.5, 0.6) is 5.75 Å². The Balaban J connectivity index is 1.26. The molecule has 2 heterocycles. The fraction of sp³-hybridized carbons (Fsp3) is 0.147. The van der Waals surface area contributed by atoms with Gasteiger partial charge in [-0.15, -0.1) is 5.10 Å². The van der Waals surface area contributed by atoms with Gasteiger partial charge in [0, 0.05) is 15.9 Å². The first-order valence-electron chi connectivity index (χ1n) is 13.8. The Hall–Kier alpha value is -4.34. The quantitative estimate of drug-likeness (QED) is 0.121. The van der Waals surface area contributed by atoms with Crippen LogP contribution in [0.1, 0.15) is 35.2 Å². The lowest BCUT2D eigenvalue weighted by atomic mass is 9.95. The minimum absolute atomic E-state index is 0.175. The first-order valence-corrected chi connectivity index (χ1v) is 15.6. The van der Waals surface area contributed by atoms with Gasteiger partial charge in [-0.05, 0) is 53.4 Å². The van der Waals surface area contributed by atoms with Crippen molar-refractivity contribution in [3.05, 3.63) is 147 Å². The van der Waals surface area contributed by atoms with Gasteiger partial charge in [0.1, 0.15) is 25.0 Å². The Bertz CT molecular complexity index is 1720. The van der Waals surface area contributed by atoms with E-state index in [2.05, 4.69) is 33.4 Å². The molecule has 0 saturated carbocycles. The fourth-order valence-corrected chi connectivity index (χ4v) is 5.83. The van der Waals surface area contributed by atoms with Crippen LogP contribution in [-0.2, 0) is 28.5 Å². The van der Waals surface area contributed by atoms with E-state index < -0.39 is 12.0 Å². The van der Waals surface area contributed by atoms with E-state index in [0.29, 0.717) is 29.0 Å². The van der Waals surface area contributed by atoms with E-state index in [1.807, 2.05) is 104 Å². The number of allylic oxidation sites excluding steroid dienone is 1. The number of fused-ring (bicyclic) bond motifs is 1. The molecule has 0 bridgehead atoms. The summed E-state index contributed by atoms with van der Waals surface area (Å²) in [6, 6.07) is 35.1. The van der Waals surface area contributed by atoms with Crippen molar-refractivity contribution < 1.29 is 14.3 Å². The van der Waals surface area contributed by atoms with E-state index in [0.717, 1.165) is 32.7 Å². The maximum atomic E-state index is 13.6. The molecule has 1 atom stereocenters. The van der Waals surface area contributed by atoms with Crippen molar-refractivity contribution in [3.63, 3.8) is 0 Å². The molecule has 9 heteroatoms. The average molecular weight is 654 g/mol. The third kappa shape index (κ3) is 7.01. The second-order valence-electron chi connectivity index (χ2n) is 10.0. The van der Waals surface area contributed by atoms with Gasteiger partial charge in [0.2, 0.25) is 11.1 Å². The van der Waals surface area contributed by atoms with E-state index in [1.54, 1.807) is 16.4 Å². The second kappa shape index (κ2) is 13.3. The van der Waals surface area contributed by atoms with Crippen LogP contribution in [0.4, 0.5) is 5.95 Å². The summed E-state index contributed by atoms with van der Waals surface area (Å²) < 4.78 is 14.6. The van der Waals surface area contributed by atoms with Crippen LogP contribution in [0, 0.1) is 0 Å². The largest absolute Gasteiger partial charge is 0.489 e. The number of benzene rings is 4. The fourth-order valence-electron chi connectivity index (χ4n) is 4.78. The number of halogens is 1. The van der Waals surface area contributed by atoms with E-state index in [-0.39, 0.29) is 6.61 Å². The van der Waals surface area contributed by atoms with E-state index in [4.69, 9.17) is 19.6 Å². The number of esters is 1. The van der Waals surface area contributed by atoms with Crippen molar-refractivity contribution >= 4 is 39.6 Å². The smallest absolute Gasteiger partial charge is 0.338 e. The molecule has 7 nitrogen and oxygen atoms in total. The van der Waals surface area contributed by atoms with E-state index in [9.17, 15) is 4.79 Å². The van der Waals surface area contributed by atoms with Crippen molar-refractivity contribution in [1.82, 2.24) is 14.8 Å². The average Bonchev–Trinajstić information content (AvgIpc) is 3.45. The lowest BCUT2D eigenvalue weighted by molar-refractivity contribution is -0.140. The Morgan fingerprint density at radius 3 is 2.21 bits per heavy atom. The molecular weight excluding hydrogens is 624 g/mol. The van der Waals surface area contributed by atoms with E-state index in [1.165, 1.54) is 5.56 Å². The molecule has 0 spiro atoms. The van der Waals surface area contributed by atoms with Crippen molar-refractivity contribution in [1.29, 1.82) is 0 Å². The summed E-state index contributed by atoms with van der Waals surface area (Å²) in [6.45, 7) is 2.50. The predicted molar refractivity (Wildman–Crippen MR) is 172 cm³/mol. The zero-order valence-electron chi connectivity index (χ0n) is 23.4. The predicted octanol–water partition coefficient (Wildman–Crippen LogP) is 7.94. The molecule has 0 amide bonds. The topological polar surface area (TPSA) is 78.3 Å². The third-order valence-electron chi connectivity index (χ3n) is 6.99. The molecule has 216 valence electrons. The number of hydrogen-bond acceptors (Lipinski definition) is 7. The summed E-state index contributed by atoms with van der Waals surface area (Å²) in [5.41, 5.74) is 5.20. The lowest BCUT2D eigenvalue weighted by Gasteiger charge is -2.28. The maximum absolute atomic E-state index is 13.6. The van der Waals surface area contributed by atoms with Gasteiger partial charge in [0.15, 0.2) is 0 Å². The first kappa shape index (κ1) is 28.8. The SMILES string of the molecule is CC1=C(C(=O)OCc2ccccc2)C(c2ccc(OCc3ccc(Br)cc3)cc2)n2nc(SCc3ccccc3)nc2N1. The number of carbonyl (C=O) groups excluding carboxylic acids is 1. The van der Waals surface area contributed by atoms with Gasteiger partial charge in [-0.1, -0.05) is 113 Å². The summed E-state index contributed by atoms with van der Waals surface area (Å²) >= 11 is 5.02. The molecule has 1 aromatic heterocycles. The van der Waals surface area contributed by atoms with Gasteiger partial charge in [0.25, 0.3) is 0 Å². The van der Waals surface area contributed by atoms with Crippen LogP contribution in [0.15, 0.2) is 130 Å². The molecule has 1 aliphatic rings. The van der Waals surface area contributed by atoms with Crippen LogP contribution in [-0.4, -0.2) is 20.7 Å². The zero-order chi connectivity index (χ0) is 29.6. The molecule has 0 saturated heterocycles. The van der Waals surface area contributed by atoms with Crippen molar-refractivity contribution in [2.24, 2.45) is 0 Å². The normalized spacial score (nSPS) is 14.1. The minimum atomic E-state index is -0.529. The molecular formula is C34H29BrN4O3S.